The van der Waals surface area contributed by atoms with Gasteiger partial charge in [-0.05, 0) is 49.8 Å². The summed E-state index contributed by atoms with van der Waals surface area (Å²) in [6, 6.07) is 8.88. The molecule has 0 N–H and O–H groups in total. The summed E-state index contributed by atoms with van der Waals surface area (Å²) in [5.74, 6) is 0.903. The maximum atomic E-state index is 2.54. The van der Waals surface area contributed by atoms with Gasteiger partial charge in [0.05, 0.1) is 0 Å². The number of anilines is 1. The molecular formula is C14H21N. The zero-order valence-corrected chi connectivity index (χ0v) is 9.87. The summed E-state index contributed by atoms with van der Waals surface area (Å²) in [5.41, 5.74) is 2.77. The molecule has 1 aromatic carbocycles. The Bertz CT molecular complexity index is 319. The van der Waals surface area contributed by atoms with E-state index in [1.165, 1.54) is 43.6 Å². The summed E-state index contributed by atoms with van der Waals surface area (Å²) in [7, 11) is 0. The van der Waals surface area contributed by atoms with Gasteiger partial charge in [-0.25, -0.2) is 0 Å². The van der Waals surface area contributed by atoms with Gasteiger partial charge >= 0.3 is 0 Å². The predicted molar refractivity (Wildman–Crippen MR) is 66.4 cm³/mol. The lowest BCUT2D eigenvalue weighted by Gasteiger charge is -2.23. The van der Waals surface area contributed by atoms with Crippen molar-refractivity contribution in [3.63, 3.8) is 0 Å². The van der Waals surface area contributed by atoms with Gasteiger partial charge in [0.2, 0.25) is 0 Å². The standard InChI is InChI=1S/C14H21N/c1-12-6-4-9-15(10-8-12)14-7-3-5-13(2)11-14/h3,5,7,11-12H,4,6,8-10H2,1-2H3. The normalized spacial score (nSPS) is 22.5. The van der Waals surface area contributed by atoms with E-state index in [0.717, 1.165) is 5.92 Å². The minimum Gasteiger partial charge on any atom is -0.372 e. The molecule has 0 spiro atoms. The molecule has 82 valence electrons. The molecule has 1 aromatic rings. The molecule has 0 amide bonds. The Morgan fingerprint density at radius 1 is 1.20 bits per heavy atom. The van der Waals surface area contributed by atoms with Gasteiger partial charge in [-0.2, -0.15) is 0 Å². The van der Waals surface area contributed by atoms with Crippen molar-refractivity contribution in [2.24, 2.45) is 5.92 Å². The fraction of sp³-hybridized carbons (Fsp3) is 0.571. The van der Waals surface area contributed by atoms with E-state index in [2.05, 4.69) is 43.0 Å². The Balaban J connectivity index is 2.09. The highest BCUT2D eigenvalue weighted by Gasteiger charge is 2.13. The molecule has 1 aliphatic rings. The van der Waals surface area contributed by atoms with Crippen LogP contribution in [-0.2, 0) is 0 Å². The molecule has 1 nitrogen and oxygen atoms in total. The summed E-state index contributed by atoms with van der Waals surface area (Å²) in [4.78, 5) is 2.54. The molecule has 1 atom stereocenters. The Hall–Kier alpha value is -0.980. The highest BCUT2D eigenvalue weighted by molar-refractivity contribution is 5.48. The van der Waals surface area contributed by atoms with Crippen LogP contribution < -0.4 is 4.90 Å². The van der Waals surface area contributed by atoms with Crippen LogP contribution in [0.15, 0.2) is 24.3 Å². The van der Waals surface area contributed by atoms with Gasteiger partial charge in [0.15, 0.2) is 0 Å². The lowest BCUT2D eigenvalue weighted by Crippen LogP contribution is -2.24. The molecule has 2 rings (SSSR count). The third-order valence-corrected chi connectivity index (χ3v) is 3.38. The third kappa shape index (κ3) is 2.74. The van der Waals surface area contributed by atoms with Crippen LogP contribution in [0.2, 0.25) is 0 Å². The van der Waals surface area contributed by atoms with Crippen molar-refractivity contribution in [2.75, 3.05) is 18.0 Å². The van der Waals surface area contributed by atoms with E-state index in [9.17, 15) is 0 Å². The van der Waals surface area contributed by atoms with Crippen LogP contribution in [0.4, 0.5) is 5.69 Å². The minimum atomic E-state index is 0.903. The van der Waals surface area contributed by atoms with E-state index < -0.39 is 0 Å². The molecule has 1 heteroatoms. The van der Waals surface area contributed by atoms with Crippen LogP contribution in [0.25, 0.3) is 0 Å². The fourth-order valence-corrected chi connectivity index (χ4v) is 2.35. The van der Waals surface area contributed by atoms with Gasteiger partial charge in [0.25, 0.3) is 0 Å². The van der Waals surface area contributed by atoms with E-state index in [1.54, 1.807) is 0 Å². The molecule has 0 saturated carbocycles. The monoisotopic (exact) mass is 203 g/mol. The van der Waals surface area contributed by atoms with Crippen LogP contribution in [-0.4, -0.2) is 13.1 Å². The lowest BCUT2D eigenvalue weighted by atomic mass is 10.0. The first-order valence-electron chi connectivity index (χ1n) is 6.07. The first-order valence-corrected chi connectivity index (χ1v) is 6.07. The molecule has 1 heterocycles. The highest BCUT2D eigenvalue weighted by Crippen LogP contribution is 2.22. The average Bonchev–Trinajstić information content (AvgIpc) is 2.43. The van der Waals surface area contributed by atoms with Crippen LogP contribution >= 0.6 is 0 Å². The molecule has 1 unspecified atom stereocenters. The van der Waals surface area contributed by atoms with Crippen molar-refractivity contribution >= 4 is 5.69 Å². The zero-order valence-electron chi connectivity index (χ0n) is 9.87. The van der Waals surface area contributed by atoms with Gasteiger partial charge < -0.3 is 4.90 Å². The average molecular weight is 203 g/mol. The van der Waals surface area contributed by atoms with Gasteiger partial charge in [-0.1, -0.05) is 19.1 Å². The van der Waals surface area contributed by atoms with Crippen LogP contribution in [0, 0.1) is 12.8 Å². The largest absolute Gasteiger partial charge is 0.372 e. The maximum Gasteiger partial charge on any atom is 0.0368 e. The molecule has 1 aliphatic heterocycles. The Morgan fingerprint density at radius 2 is 2.07 bits per heavy atom. The van der Waals surface area contributed by atoms with E-state index >= 15 is 0 Å². The molecule has 0 aromatic heterocycles. The number of benzene rings is 1. The summed E-state index contributed by atoms with van der Waals surface area (Å²) in [6.07, 6.45) is 4.07. The molecular weight excluding hydrogens is 182 g/mol. The van der Waals surface area contributed by atoms with Gasteiger partial charge in [0.1, 0.15) is 0 Å². The van der Waals surface area contributed by atoms with Crippen LogP contribution in [0.1, 0.15) is 31.7 Å². The van der Waals surface area contributed by atoms with Gasteiger partial charge in [-0.15, -0.1) is 0 Å². The topological polar surface area (TPSA) is 3.24 Å². The predicted octanol–water partition coefficient (Wildman–Crippen LogP) is 3.62. The molecule has 0 aliphatic carbocycles. The first-order chi connectivity index (χ1) is 7.25. The van der Waals surface area contributed by atoms with Gasteiger partial charge in [0, 0.05) is 18.8 Å². The summed E-state index contributed by atoms with van der Waals surface area (Å²) < 4.78 is 0. The number of nitrogens with zero attached hydrogens (tertiary/aromatic N) is 1. The summed E-state index contributed by atoms with van der Waals surface area (Å²) >= 11 is 0. The quantitative estimate of drug-likeness (QED) is 0.674. The van der Waals surface area contributed by atoms with Crippen molar-refractivity contribution in [3.8, 4) is 0 Å². The van der Waals surface area contributed by atoms with Gasteiger partial charge in [-0.3, -0.25) is 0 Å². The number of hydrogen-bond acceptors (Lipinski definition) is 1. The van der Waals surface area contributed by atoms with Crippen molar-refractivity contribution in [1.29, 1.82) is 0 Å². The SMILES string of the molecule is Cc1cccc(N2CCCC(C)CC2)c1. The van der Waals surface area contributed by atoms with Crippen LogP contribution in [0.3, 0.4) is 0 Å². The first kappa shape index (κ1) is 10.5. The number of hydrogen-bond donors (Lipinski definition) is 0. The summed E-state index contributed by atoms with van der Waals surface area (Å²) in [6.45, 7) is 7.00. The third-order valence-electron chi connectivity index (χ3n) is 3.38. The Kier molecular flexibility index (Phi) is 3.30. The second-order valence-electron chi connectivity index (χ2n) is 4.86. The van der Waals surface area contributed by atoms with E-state index in [0.29, 0.717) is 0 Å². The summed E-state index contributed by atoms with van der Waals surface area (Å²) in [5, 5.41) is 0. The lowest BCUT2D eigenvalue weighted by molar-refractivity contribution is 0.521. The van der Waals surface area contributed by atoms with E-state index in [1.807, 2.05) is 0 Å². The molecule has 0 bridgehead atoms. The second kappa shape index (κ2) is 4.69. The minimum absolute atomic E-state index is 0.903. The van der Waals surface area contributed by atoms with Crippen molar-refractivity contribution in [2.45, 2.75) is 33.1 Å². The number of aryl methyl sites for hydroxylation is 1. The van der Waals surface area contributed by atoms with Crippen molar-refractivity contribution in [1.82, 2.24) is 0 Å². The fourth-order valence-electron chi connectivity index (χ4n) is 2.35. The molecule has 1 saturated heterocycles. The Labute approximate surface area is 93.1 Å². The molecule has 15 heavy (non-hydrogen) atoms. The highest BCUT2D eigenvalue weighted by atomic mass is 15.1. The van der Waals surface area contributed by atoms with Crippen molar-refractivity contribution < 1.29 is 0 Å². The zero-order chi connectivity index (χ0) is 10.7. The number of rotatable bonds is 1. The van der Waals surface area contributed by atoms with E-state index in [4.69, 9.17) is 0 Å². The second-order valence-corrected chi connectivity index (χ2v) is 4.86. The smallest absolute Gasteiger partial charge is 0.0368 e. The maximum absolute atomic E-state index is 2.54. The molecule has 1 fully saturated rings. The Morgan fingerprint density at radius 3 is 2.87 bits per heavy atom. The van der Waals surface area contributed by atoms with Crippen LogP contribution in [0.5, 0.6) is 0 Å². The molecule has 0 radical (unpaired) electrons. The van der Waals surface area contributed by atoms with E-state index in [-0.39, 0.29) is 0 Å². The van der Waals surface area contributed by atoms with Crippen molar-refractivity contribution in [3.05, 3.63) is 29.8 Å².